The Labute approximate surface area is 155 Å². The van der Waals surface area contributed by atoms with Gasteiger partial charge >= 0.3 is 0 Å². The third kappa shape index (κ3) is 6.48. The summed E-state index contributed by atoms with van der Waals surface area (Å²) in [5, 5.41) is 14.6. The molecule has 2 aromatic rings. The van der Waals surface area contributed by atoms with E-state index in [1.807, 2.05) is 18.2 Å². The lowest BCUT2D eigenvalue weighted by molar-refractivity contribution is 0.0646. The van der Waals surface area contributed by atoms with Crippen LogP contribution in [0, 0.1) is 0 Å². The zero-order valence-corrected chi connectivity index (χ0v) is 16.0. The molecule has 2 rings (SSSR count). The van der Waals surface area contributed by atoms with Crippen LogP contribution < -0.4 is 10.6 Å². The van der Waals surface area contributed by atoms with Crippen LogP contribution in [-0.2, 0) is 17.7 Å². The number of hydrogen-bond donors (Lipinski definition) is 2. The van der Waals surface area contributed by atoms with Gasteiger partial charge in [-0.15, -0.1) is 10.2 Å². The molecule has 1 unspecified atom stereocenters. The number of hydrogen-bond acceptors (Lipinski definition) is 4. The SMILES string of the molecule is CCc1nncn1CCNC(=NC)NCCCOC(C)c1ccccc1. The Morgan fingerprint density at radius 2 is 2.00 bits per heavy atom. The molecule has 0 aliphatic heterocycles. The summed E-state index contributed by atoms with van der Waals surface area (Å²) in [7, 11) is 1.78. The summed E-state index contributed by atoms with van der Waals surface area (Å²) < 4.78 is 7.94. The standard InChI is InChI=1S/C19H30N6O/c1-4-18-24-23-15-25(18)13-12-22-19(20-3)21-11-8-14-26-16(2)17-9-6-5-7-10-17/h5-7,9-10,15-16H,4,8,11-14H2,1-3H3,(H2,20,21,22). The molecule has 0 saturated heterocycles. The molecule has 7 heteroatoms. The minimum Gasteiger partial charge on any atom is -0.374 e. The lowest BCUT2D eigenvalue weighted by Gasteiger charge is -2.15. The summed E-state index contributed by atoms with van der Waals surface area (Å²) in [4.78, 5) is 4.24. The molecule has 1 heterocycles. The number of nitrogens with zero attached hydrogens (tertiary/aromatic N) is 4. The minimum atomic E-state index is 0.116. The minimum absolute atomic E-state index is 0.116. The van der Waals surface area contributed by atoms with E-state index in [4.69, 9.17) is 4.74 Å². The molecule has 0 radical (unpaired) electrons. The number of rotatable bonds is 10. The Hall–Kier alpha value is -2.41. The van der Waals surface area contributed by atoms with Crippen LogP contribution in [0.25, 0.3) is 0 Å². The Balaban J connectivity index is 1.59. The molecule has 7 nitrogen and oxygen atoms in total. The van der Waals surface area contributed by atoms with E-state index < -0.39 is 0 Å². The monoisotopic (exact) mass is 358 g/mol. The fraction of sp³-hybridized carbons (Fsp3) is 0.526. The first-order valence-electron chi connectivity index (χ1n) is 9.22. The summed E-state index contributed by atoms with van der Waals surface area (Å²) in [6.45, 7) is 7.27. The lowest BCUT2D eigenvalue weighted by atomic mass is 10.1. The summed E-state index contributed by atoms with van der Waals surface area (Å²) in [5.41, 5.74) is 1.21. The molecule has 0 fully saturated rings. The van der Waals surface area contributed by atoms with Crippen molar-refractivity contribution in [1.29, 1.82) is 0 Å². The zero-order valence-electron chi connectivity index (χ0n) is 16.0. The molecular formula is C19H30N6O. The fourth-order valence-corrected chi connectivity index (χ4v) is 2.61. The van der Waals surface area contributed by atoms with Crippen molar-refractivity contribution in [3.63, 3.8) is 0 Å². The average Bonchev–Trinajstić information content (AvgIpc) is 3.14. The van der Waals surface area contributed by atoms with Gasteiger partial charge in [0.25, 0.3) is 0 Å². The van der Waals surface area contributed by atoms with Crippen LogP contribution in [0.1, 0.15) is 37.8 Å². The van der Waals surface area contributed by atoms with Crippen LogP contribution in [0.3, 0.4) is 0 Å². The molecule has 1 atom stereocenters. The van der Waals surface area contributed by atoms with Gasteiger partial charge in [0.2, 0.25) is 0 Å². The van der Waals surface area contributed by atoms with Crippen molar-refractivity contribution in [3.05, 3.63) is 48.0 Å². The first-order chi connectivity index (χ1) is 12.7. The molecule has 26 heavy (non-hydrogen) atoms. The van der Waals surface area contributed by atoms with E-state index in [1.54, 1.807) is 13.4 Å². The number of guanidine groups is 1. The molecule has 0 aliphatic carbocycles. The van der Waals surface area contributed by atoms with E-state index in [1.165, 1.54) is 5.56 Å². The number of aliphatic imine (C=N–C) groups is 1. The highest BCUT2D eigenvalue weighted by molar-refractivity contribution is 5.79. The van der Waals surface area contributed by atoms with Crippen LogP contribution >= 0.6 is 0 Å². The smallest absolute Gasteiger partial charge is 0.191 e. The second kappa shape index (κ2) is 11.3. The van der Waals surface area contributed by atoms with E-state index in [0.717, 1.165) is 44.3 Å². The predicted molar refractivity (Wildman–Crippen MR) is 104 cm³/mol. The molecule has 0 bridgehead atoms. The fourth-order valence-electron chi connectivity index (χ4n) is 2.61. The summed E-state index contributed by atoms with van der Waals surface area (Å²) in [6.07, 6.45) is 3.68. The molecule has 0 saturated carbocycles. The first kappa shape index (κ1) is 19.9. The second-order valence-electron chi connectivity index (χ2n) is 6.00. The van der Waals surface area contributed by atoms with Crippen molar-refractivity contribution in [1.82, 2.24) is 25.4 Å². The van der Waals surface area contributed by atoms with Gasteiger partial charge in [0.15, 0.2) is 5.96 Å². The third-order valence-electron chi connectivity index (χ3n) is 4.13. The maximum Gasteiger partial charge on any atom is 0.191 e. The molecule has 0 amide bonds. The van der Waals surface area contributed by atoms with E-state index in [2.05, 4.69) is 56.4 Å². The second-order valence-corrected chi connectivity index (χ2v) is 6.00. The highest BCUT2D eigenvalue weighted by atomic mass is 16.5. The van der Waals surface area contributed by atoms with Crippen molar-refractivity contribution in [2.45, 2.75) is 39.3 Å². The van der Waals surface area contributed by atoms with Crippen molar-refractivity contribution in [3.8, 4) is 0 Å². The van der Waals surface area contributed by atoms with Crippen molar-refractivity contribution in [2.24, 2.45) is 4.99 Å². The Morgan fingerprint density at radius 1 is 1.23 bits per heavy atom. The predicted octanol–water partition coefficient (Wildman–Crippen LogP) is 2.17. The Morgan fingerprint density at radius 3 is 2.73 bits per heavy atom. The van der Waals surface area contributed by atoms with E-state index in [9.17, 15) is 0 Å². The molecule has 1 aromatic carbocycles. The highest BCUT2D eigenvalue weighted by Crippen LogP contribution is 2.15. The van der Waals surface area contributed by atoms with Crippen LogP contribution in [0.2, 0.25) is 0 Å². The van der Waals surface area contributed by atoms with E-state index in [0.29, 0.717) is 6.61 Å². The van der Waals surface area contributed by atoms with Crippen LogP contribution in [0.5, 0.6) is 0 Å². The largest absolute Gasteiger partial charge is 0.374 e. The number of nitrogens with one attached hydrogen (secondary N) is 2. The van der Waals surface area contributed by atoms with Crippen molar-refractivity contribution >= 4 is 5.96 Å². The van der Waals surface area contributed by atoms with Crippen molar-refractivity contribution in [2.75, 3.05) is 26.7 Å². The van der Waals surface area contributed by atoms with Gasteiger partial charge in [0.1, 0.15) is 12.2 Å². The van der Waals surface area contributed by atoms with Gasteiger partial charge in [0.05, 0.1) is 6.10 Å². The Bertz CT molecular complexity index is 655. The summed E-state index contributed by atoms with van der Waals surface area (Å²) in [5.74, 6) is 1.80. The third-order valence-corrected chi connectivity index (χ3v) is 4.13. The van der Waals surface area contributed by atoms with Crippen molar-refractivity contribution < 1.29 is 4.74 Å². The Kier molecular flexibility index (Phi) is 8.62. The zero-order chi connectivity index (χ0) is 18.6. The van der Waals surface area contributed by atoms with E-state index >= 15 is 0 Å². The number of aromatic nitrogens is 3. The molecule has 2 N–H and O–H groups in total. The lowest BCUT2D eigenvalue weighted by Crippen LogP contribution is -2.39. The van der Waals surface area contributed by atoms with Crippen LogP contribution in [0.4, 0.5) is 0 Å². The van der Waals surface area contributed by atoms with Gasteiger partial charge in [-0.25, -0.2) is 0 Å². The summed E-state index contributed by atoms with van der Waals surface area (Å²) in [6, 6.07) is 10.3. The van der Waals surface area contributed by atoms with Gasteiger partial charge < -0.3 is 19.9 Å². The van der Waals surface area contributed by atoms with Gasteiger partial charge in [-0.1, -0.05) is 37.3 Å². The van der Waals surface area contributed by atoms with Gasteiger partial charge in [-0.2, -0.15) is 0 Å². The molecular weight excluding hydrogens is 328 g/mol. The maximum absolute atomic E-state index is 5.88. The van der Waals surface area contributed by atoms with Gasteiger partial charge in [0, 0.05) is 39.7 Å². The number of aryl methyl sites for hydroxylation is 1. The molecule has 0 spiro atoms. The van der Waals surface area contributed by atoms with Crippen LogP contribution in [-0.4, -0.2) is 47.5 Å². The highest BCUT2D eigenvalue weighted by Gasteiger charge is 2.05. The van der Waals surface area contributed by atoms with Gasteiger partial charge in [-0.05, 0) is 18.9 Å². The number of benzene rings is 1. The quantitative estimate of drug-likeness (QED) is 0.387. The normalized spacial score (nSPS) is 12.8. The first-order valence-corrected chi connectivity index (χ1v) is 9.22. The average molecular weight is 358 g/mol. The summed E-state index contributed by atoms with van der Waals surface area (Å²) >= 11 is 0. The topological polar surface area (TPSA) is 76.4 Å². The molecule has 1 aromatic heterocycles. The van der Waals surface area contributed by atoms with Gasteiger partial charge in [-0.3, -0.25) is 4.99 Å². The molecule has 142 valence electrons. The van der Waals surface area contributed by atoms with E-state index in [-0.39, 0.29) is 6.10 Å². The number of ether oxygens (including phenoxy) is 1. The van der Waals surface area contributed by atoms with Crippen LogP contribution in [0.15, 0.2) is 41.7 Å². The molecule has 0 aliphatic rings. The maximum atomic E-state index is 5.88.